The fourth-order valence-electron chi connectivity index (χ4n) is 2.12. The van der Waals surface area contributed by atoms with Gasteiger partial charge < -0.3 is 9.64 Å². The molecule has 1 fully saturated rings. The van der Waals surface area contributed by atoms with Crippen LogP contribution in [0.3, 0.4) is 0 Å². The lowest BCUT2D eigenvalue weighted by atomic mass is 10.1. The van der Waals surface area contributed by atoms with Crippen LogP contribution >= 0.6 is 0 Å². The zero-order valence-corrected chi connectivity index (χ0v) is 12.3. The second kappa shape index (κ2) is 7.74. The molecule has 0 saturated carbocycles. The van der Waals surface area contributed by atoms with E-state index in [1.165, 1.54) is 0 Å². The number of piperazine rings is 1. The lowest BCUT2D eigenvalue weighted by Crippen LogP contribution is -2.49. The molecule has 0 N–H and O–H groups in total. The number of amides is 1. The fraction of sp³-hybridized carbons (Fsp3) is 0.929. The van der Waals surface area contributed by atoms with Gasteiger partial charge in [-0.25, -0.2) is 0 Å². The van der Waals surface area contributed by atoms with Crippen molar-refractivity contribution in [3.05, 3.63) is 0 Å². The van der Waals surface area contributed by atoms with Crippen LogP contribution in [0.5, 0.6) is 0 Å². The first kappa shape index (κ1) is 15.4. The summed E-state index contributed by atoms with van der Waals surface area (Å²) in [6.07, 6.45) is 0.982. The monoisotopic (exact) mass is 256 g/mol. The Labute approximate surface area is 111 Å². The molecule has 0 bridgehead atoms. The Balaban J connectivity index is 2.18. The van der Waals surface area contributed by atoms with E-state index in [2.05, 4.69) is 32.6 Å². The van der Waals surface area contributed by atoms with E-state index < -0.39 is 0 Å². The van der Waals surface area contributed by atoms with E-state index in [0.29, 0.717) is 24.3 Å². The molecule has 0 aromatic heterocycles. The van der Waals surface area contributed by atoms with Crippen molar-refractivity contribution >= 4 is 5.91 Å². The summed E-state index contributed by atoms with van der Waals surface area (Å²) < 4.78 is 5.55. The Morgan fingerprint density at radius 1 is 1.11 bits per heavy atom. The van der Waals surface area contributed by atoms with Crippen LogP contribution in [0.2, 0.25) is 0 Å². The summed E-state index contributed by atoms with van der Waals surface area (Å²) in [5.41, 5.74) is 0. The van der Waals surface area contributed by atoms with E-state index in [9.17, 15) is 4.79 Å². The molecule has 0 aliphatic carbocycles. The third kappa shape index (κ3) is 5.83. The van der Waals surface area contributed by atoms with E-state index in [-0.39, 0.29) is 0 Å². The molecule has 4 heteroatoms. The van der Waals surface area contributed by atoms with Crippen LogP contribution < -0.4 is 0 Å². The highest BCUT2D eigenvalue weighted by Gasteiger charge is 2.21. The van der Waals surface area contributed by atoms with Crippen LogP contribution in [0.25, 0.3) is 0 Å². The zero-order chi connectivity index (χ0) is 13.5. The van der Waals surface area contributed by atoms with Gasteiger partial charge in [-0.3, -0.25) is 9.69 Å². The standard InChI is InChI=1S/C14H28N2O2/c1-12(2)11-14(17)16-7-5-15(6-8-16)9-10-18-13(3)4/h12-13H,5-11H2,1-4H3. The van der Waals surface area contributed by atoms with Gasteiger partial charge >= 0.3 is 0 Å². The number of hydrogen-bond donors (Lipinski definition) is 0. The summed E-state index contributed by atoms with van der Waals surface area (Å²) >= 11 is 0. The molecule has 1 rings (SSSR count). The summed E-state index contributed by atoms with van der Waals surface area (Å²) in [6.45, 7) is 13.8. The van der Waals surface area contributed by atoms with Crippen LogP contribution in [0.1, 0.15) is 34.1 Å². The quantitative estimate of drug-likeness (QED) is 0.723. The molecular formula is C14H28N2O2. The minimum absolute atomic E-state index is 0.305. The van der Waals surface area contributed by atoms with E-state index in [1.54, 1.807) is 0 Å². The van der Waals surface area contributed by atoms with Crippen LogP contribution in [-0.2, 0) is 9.53 Å². The van der Waals surface area contributed by atoms with Gasteiger partial charge in [0.15, 0.2) is 0 Å². The van der Waals surface area contributed by atoms with Crippen LogP contribution in [-0.4, -0.2) is 61.1 Å². The Morgan fingerprint density at radius 3 is 2.22 bits per heavy atom. The van der Waals surface area contributed by atoms with Crippen molar-refractivity contribution in [2.24, 2.45) is 5.92 Å². The Kier molecular flexibility index (Phi) is 6.65. The molecule has 1 aliphatic rings. The SMILES string of the molecule is CC(C)CC(=O)N1CCN(CCOC(C)C)CC1. The van der Waals surface area contributed by atoms with Crippen molar-refractivity contribution < 1.29 is 9.53 Å². The maximum absolute atomic E-state index is 11.9. The van der Waals surface area contributed by atoms with Gasteiger partial charge in [-0.15, -0.1) is 0 Å². The van der Waals surface area contributed by atoms with Gasteiger partial charge in [-0.2, -0.15) is 0 Å². The third-order valence-electron chi connectivity index (χ3n) is 3.17. The molecule has 1 saturated heterocycles. The molecule has 0 unspecified atom stereocenters. The maximum Gasteiger partial charge on any atom is 0.222 e. The molecule has 1 amide bonds. The Hall–Kier alpha value is -0.610. The van der Waals surface area contributed by atoms with Gasteiger partial charge in [0.25, 0.3) is 0 Å². The first-order valence-corrected chi connectivity index (χ1v) is 7.10. The normalized spacial score (nSPS) is 17.8. The lowest BCUT2D eigenvalue weighted by molar-refractivity contribution is -0.133. The smallest absolute Gasteiger partial charge is 0.222 e. The average molecular weight is 256 g/mol. The minimum Gasteiger partial charge on any atom is -0.377 e. The minimum atomic E-state index is 0.305. The summed E-state index contributed by atoms with van der Waals surface area (Å²) in [5.74, 6) is 0.762. The molecule has 0 atom stereocenters. The van der Waals surface area contributed by atoms with E-state index in [0.717, 1.165) is 39.3 Å². The highest BCUT2D eigenvalue weighted by atomic mass is 16.5. The Bertz CT molecular complexity index is 246. The molecule has 0 aromatic carbocycles. The van der Waals surface area contributed by atoms with Crippen molar-refractivity contribution in [1.29, 1.82) is 0 Å². The molecule has 1 heterocycles. The highest BCUT2D eigenvalue weighted by molar-refractivity contribution is 5.76. The molecule has 0 spiro atoms. The van der Waals surface area contributed by atoms with Gasteiger partial charge in [-0.05, 0) is 19.8 Å². The summed E-state index contributed by atoms with van der Waals surface area (Å²) in [7, 11) is 0. The first-order valence-electron chi connectivity index (χ1n) is 7.10. The van der Waals surface area contributed by atoms with E-state index >= 15 is 0 Å². The summed E-state index contributed by atoms with van der Waals surface area (Å²) in [5, 5.41) is 0. The van der Waals surface area contributed by atoms with Crippen LogP contribution in [0.4, 0.5) is 0 Å². The van der Waals surface area contributed by atoms with Crippen LogP contribution in [0, 0.1) is 5.92 Å². The third-order valence-corrected chi connectivity index (χ3v) is 3.17. The first-order chi connectivity index (χ1) is 8.49. The van der Waals surface area contributed by atoms with Crippen LogP contribution in [0.15, 0.2) is 0 Å². The highest BCUT2D eigenvalue weighted by Crippen LogP contribution is 2.08. The topological polar surface area (TPSA) is 32.8 Å². The Morgan fingerprint density at radius 2 is 1.72 bits per heavy atom. The summed E-state index contributed by atoms with van der Waals surface area (Å²) in [4.78, 5) is 16.3. The largest absolute Gasteiger partial charge is 0.377 e. The van der Waals surface area contributed by atoms with Gasteiger partial charge in [0.1, 0.15) is 0 Å². The molecule has 0 radical (unpaired) electrons. The molecule has 106 valence electrons. The zero-order valence-electron chi connectivity index (χ0n) is 12.3. The second-order valence-corrected chi connectivity index (χ2v) is 5.74. The molecule has 18 heavy (non-hydrogen) atoms. The van der Waals surface area contributed by atoms with Crippen molar-refractivity contribution in [3.63, 3.8) is 0 Å². The molecule has 4 nitrogen and oxygen atoms in total. The summed E-state index contributed by atoms with van der Waals surface area (Å²) in [6, 6.07) is 0. The maximum atomic E-state index is 11.9. The number of carbonyl (C=O) groups excluding carboxylic acids is 1. The van der Waals surface area contributed by atoms with Gasteiger partial charge in [0.2, 0.25) is 5.91 Å². The number of ether oxygens (including phenoxy) is 1. The van der Waals surface area contributed by atoms with Crippen molar-refractivity contribution in [2.45, 2.75) is 40.2 Å². The lowest BCUT2D eigenvalue weighted by Gasteiger charge is -2.35. The number of rotatable bonds is 6. The predicted octanol–water partition coefficient (Wildman–Crippen LogP) is 1.60. The number of hydrogen-bond acceptors (Lipinski definition) is 3. The average Bonchev–Trinajstić information content (AvgIpc) is 2.28. The number of nitrogens with zero attached hydrogens (tertiary/aromatic N) is 2. The van der Waals surface area contributed by atoms with Gasteiger partial charge in [0, 0.05) is 39.1 Å². The van der Waals surface area contributed by atoms with E-state index in [1.807, 2.05) is 4.90 Å². The predicted molar refractivity (Wildman–Crippen MR) is 73.6 cm³/mol. The fourth-order valence-corrected chi connectivity index (χ4v) is 2.12. The van der Waals surface area contributed by atoms with E-state index in [4.69, 9.17) is 4.74 Å². The molecule has 1 aliphatic heterocycles. The van der Waals surface area contributed by atoms with Crippen molar-refractivity contribution in [1.82, 2.24) is 9.80 Å². The van der Waals surface area contributed by atoms with Gasteiger partial charge in [-0.1, -0.05) is 13.8 Å². The van der Waals surface area contributed by atoms with Crippen molar-refractivity contribution in [2.75, 3.05) is 39.3 Å². The number of carbonyl (C=O) groups is 1. The molecule has 0 aromatic rings. The molecular weight excluding hydrogens is 228 g/mol. The van der Waals surface area contributed by atoms with Gasteiger partial charge in [0.05, 0.1) is 12.7 Å². The second-order valence-electron chi connectivity index (χ2n) is 5.74. The van der Waals surface area contributed by atoms with Crippen molar-refractivity contribution in [3.8, 4) is 0 Å².